The van der Waals surface area contributed by atoms with Crippen LogP contribution in [0.15, 0.2) is 0 Å². The highest BCUT2D eigenvalue weighted by Crippen LogP contribution is 2.18. The van der Waals surface area contributed by atoms with E-state index in [0.29, 0.717) is 19.7 Å². The fourth-order valence-electron chi connectivity index (χ4n) is 1.71. The van der Waals surface area contributed by atoms with Crippen molar-refractivity contribution in [1.82, 2.24) is 14.3 Å². The molecule has 2 heterocycles. The number of anilines is 1. The molecule has 0 saturated carbocycles. The number of hydrogen-bond acceptors (Lipinski definition) is 6. The van der Waals surface area contributed by atoms with Crippen LogP contribution in [-0.4, -0.2) is 53.1 Å². The summed E-state index contributed by atoms with van der Waals surface area (Å²) in [6.07, 6.45) is -0.222. The minimum atomic E-state index is -0.222. The van der Waals surface area contributed by atoms with Gasteiger partial charge in [0.05, 0.1) is 6.61 Å². The SMILES string of the molecule is CCOC(=O)N1CCN(c2nc(C)ns2)CC1. The van der Waals surface area contributed by atoms with E-state index in [1.807, 2.05) is 13.8 Å². The van der Waals surface area contributed by atoms with E-state index < -0.39 is 0 Å². The number of carbonyl (C=O) groups excluding carboxylic acids is 1. The van der Waals surface area contributed by atoms with Gasteiger partial charge in [-0.3, -0.25) is 0 Å². The van der Waals surface area contributed by atoms with Crippen molar-refractivity contribution in [3.8, 4) is 0 Å². The molecule has 0 aliphatic carbocycles. The predicted molar refractivity (Wildman–Crippen MR) is 65.5 cm³/mol. The van der Waals surface area contributed by atoms with E-state index in [0.717, 1.165) is 24.0 Å². The zero-order chi connectivity index (χ0) is 12.3. The van der Waals surface area contributed by atoms with Gasteiger partial charge >= 0.3 is 6.09 Å². The Balaban J connectivity index is 1.88. The van der Waals surface area contributed by atoms with Gasteiger partial charge in [0.15, 0.2) is 0 Å². The summed E-state index contributed by atoms with van der Waals surface area (Å²) in [5.41, 5.74) is 0. The Morgan fingerprint density at radius 1 is 1.41 bits per heavy atom. The van der Waals surface area contributed by atoms with Crippen molar-refractivity contribution in [3.63, 3.8) is 0 Å². The van der Waals surface area contributed by atoms with Crippen molar-refractivity contribution < 1.29 is 9.53 Å². The molecule has 0 aromatic carbocycles. The molecule has 6 nitrogen and oxygen atoms in total. The molecule has 0 atom stereocenters. The number of aromatic nitrogens is 2. The van der Waals surface area contributed by atoms with Crippen molar-refractivity contribution in [3.05, 3.63) is 5.82 Å². The number of piperazine rings is 1. The van der Waals surface area contributed by atoms with Crippen LogP contribution in [0.1, 0.15) is 12.7 Å². The maximum absolute atomic E-state index is 11.5. The first kappa shape index (κ1) is 12.1. The highest BCUT2D eigenvalue weighted by atomic mass is 32.1. The molecule has 1 aromatic heterocycles. The number of rotatable bonds is 2. The first-order valence-corrected chi connectivity index (χ1v) is 6.45. The average Bonchev–Trinajstić information content (AvgIpc) is 2.76. The zero-order valence-corrected chi connectivity index (χ0v) is 10.9. The first-order chi connectivity index (χ1) is 8.20. The monoisotopic (exact) mass is 256 g/mol. The van der Waals surface area contributed by atoms with Crippen LogP contribution in [-0.2, 0) is 4.74 Å². The molecule has 17 heavy (non-hydrogen) atoms. The van der Waals surface area contributed by atoms with E-state index >= 15 is 0 Å². The van der Waals surface area contributed by atoms with Gasteiger partial charge in [-0.15, -0.1) is 0 Å². The van der Waals surface area contributed by atoms with Crippen LogP contribution in [0.25, 0.3) is 0 Å². The Morgan fingerprint density at radius 3 is 2.65 bits per heavy atom. The van der Waals surface area contributed by atoms with Crippen LogP contribution in [0.3, 0.4) is 0 Å². The van der Waals surface area contributed by atoms with Crippen molar-refractivity contribution in [2.75, 3.05) is 37.7 Å². The molecule has 0 bridgehead atoms. The molecular weight excluding hydrogens is 240 g/mol. The summed E-state index contributed by atoms with van der Waals surface area (Å²) in [4.78, 5) is 19.7. The third-order valence-electron chi connectivity index (χ3n) is 2.59. The lowest BCUT2D eigenvalue weighted by Crippen LogP contribution is -2.49. The number of carbonyl (C=O) groups is 1. The molecule has 1 aliphatic heterocycles. The average molecular weight is 256 g/mol. The van der Waals surface area contributed by atoms with Crippen molar-refractivity contribution in [1.29, 1.82) is 0 Å². The molecule has 2 rings (SSSR count). The molecular formula is C10H16N4O2S. The van der Waals surface area contributed by atoms with Gasteiger partial charge in [0, 0.05) is 37.7 Å². The van der Waals surface area contributed by atoms with Crippen molar-refractivity contribution >= 4 is 22.8 Å². The summed E-state index contributed by atoms with van der Waals surface area (Å²) < 4.78 is 9.13. The summed E-state index contributed by atoms with van der Waals surface area (Å²) in [6, 6.07) is 0. The van der Waals surface area contributed by atoms with Gasteiger partial charge in [0.25, 0.3) is 0 Å². The van der Waals surface area contributed by atoms with Gasteiger partial charge in [-0.2, -0.15) is 4.37 Å². The lowest BCUT2D eigenvalue weighted by molar-refractivity contribution is 0.105. The van der Waals surface area contributed by atoms with Gasteiger partial charge in [0.2, 0.25) is 5.13 Å². The fourth-order valence-corrected chi connectivity index (χ4v) is 2.44. The van der Waals surface area contributed by atoms with E-state index in [-0.39, 0.29) is 6.09 Å². The second-order valence-electron chi connectivity index (χ2n) is 3.80. The van der Waals surface area contributed by atoms with E-state index in [1.54, 1.807) is 4.90 Å². The Bertz CT molecular complexity index is 387. The zero-order valence-electron chi connectivity index (χ0n) is 10.0. The number of hydrogen-bond donors (Lipinski definition) is 0. The Morgan fingerprint density at radius 2 is 2.12 bits per heavy atom. The standard InChI is InChI=1S/C10H16N4O2S/c1-3-16-10(15)14-6-4-13(5-7-14)9-11-8(2)12-17-9/h3-7H2,1-2H3. The second-order valence-corrected chi connectivity index (χ2v) is 4.53. The van der Waals surface area contributed by atoms with Gasteiger partial charge < -0.3 is 14.5 Å². The molecule has 1 aromatic rings. The lowest BCUT2D eigenvalue weighted by atomic mass is 10.3. The van der Waals surface area contributed by atoms with E-state index in [1.165, 1.54) is 11.5 Å². The smallest absolute Gasteiger partial charge is 0.409 e. The summed E-state index contributed by atoms with van der Waals surface area (Å²) in [5.74, 6) is 0.804. The molecule has 0 spiro atoms. The van der Waals surface area contributed by atoms with Crippen molar-refractivity contribution in [2.24, 2.45) is 0 Å². The molecule has 0 N–H and O–H groups in total. The third-order valence-corrected chi connectivity index (χ3v) is 3.46. The molecule has 94 valence electrons. The lowest BCUT2D eigenvalue weighted by Gasteiger charge is -2.33. The molecule has 1 aliphatic rings. The molecule has 1 saturated heterocycles. The van der Waals surface area contributed by atoms with Crippen LogP contribution >= 0.6 is 11.5 Å². The van der Waals surface area contributed by atoms with Crippen LogP contribution in [0.2, 0.25) is 0 Å². The van der Waals surface area contributed by atoms with E-state index in [2.05, 4.69) is 14.3 Å². The van der Waals surface area contributed by atoms with E-state index in [4.69, 9.17) is 4.74 Å². The first-order valence-electron chi connectivity index (χ1n) is 5.67. The van der Waals surface area contributed by atoms with Gasteiger partial charge in [0.1, 0.15) is 5.82 Å². The highest BCUT2D eigenvalue weighted by Gasteiger charge is 2.23. The normalized spacial score (nSPS) is 16.1. The van der Waals surface area contributed by atoms with E-state index in [9.17, 15) is 4.79 Å². The molecule has 1 amide bonds. The Kier molecular flexibility index (Phi) is 3.78. The molecule has 7 heteroatoms. The summed E-state index contributed by atoms with van der Waals surface area (Å²) >= 11 is 1.41. The van der Waals surface area contributed by atoms with Crippen molar-refractivity contribution in [2.45, 2.75) is 13.8 Å². The van der Waals surface area contributed by atoms with Gasteiger partial charge in [-0.1, -0.05) is 0 Å². The van der Waals surface area contributed by atoms with Gasteiger partial charge in [-0.25, -0.2) is 9.78 Å². The number of ether oxygens (including phenoxy) is 1. The Hall–Kier alpha value is -1.37. The Labute approximate surface area is 104 Å². The molecule has 0 unspecified atom stereocenters. The number of nitrogens with zero attached hydrogens (tertiary/aromatic N) is 4. The predicted octanol–water partition coefficient (Wildman–Crippen LogP) is 1.13. The van der Waals surface area contributed by atoms with Crippen LogP contribution < -0.4 is 4.90 Å². The highest BCUT2D eigenvalue weighted by molar-refractivity contribution is 7.09. The number of aryl methyl sites for hydroxylation is 1. The third kappa shape index (κ3) is 2.85. The summed E-state index contributed by atoms with van der Waals surface area (Å²) in [7, 11) is 0. The van der Waals surface area contributed by atoms with Crippen LogP contribution in [0.5, 0.6) is 0 Å². The largest absolute Gasteiger partial charge is 0.450 e. The summed E-state index contributed by atoms with van der Waals surface area (Å²) in [6.45, 7) is 7.05. The minimum absolute atomic E-state index is 0.222. The number of amides is 1. The molecule has 1 fully saturated rings. The van der Waals surface area contributed by atoms with Gasteiger partial charge in [-0.05, 0) is 13.8 Å². The van der Waals surface area contributed by atoms with Crippen LogP contribution in [0.4, 0.5) is 9.93 Å². The summed E-state index contributed by atoms with van der Waals surface area (Å²) in [5, 5.41) is 0.936. The molecule has 0 radical (unpaired) electrons. The topological polar surface area (TPSA) is 58.6 Å². The maximum atomic E-state index is 11.5. The van der Waals surface area contributed by atoms with Crippen LogP contribution in [0, 0.1) is 6.92 Å². The fraction of sp³-hybridized carbons (Fsp3) is 0.700. The quantitative estimate of drug-likeness (QED) is 0.793. The minimum Gasteiger partial charge on any atom is -0.450 e. The maximum Gasteiger partial charge on any atom is 0.409 e. The second kappa shape index (κ2) is 5.31.